The van der Waals surface area contributed by atoms with E-state index in [1.165, 1.54) is 0 Å². The molecule has 2 rings (SSSR count). The predicted octanol–water partition coefficient (Wildman–Crippen LogP) is 2.65. The third kappa shape index (κ3) is 2.27. The quantitative estimate of drug-likeness (QED) is 0.801. The summed E-state index contributed by atoms with van der Waals surface area (Å²) in [6.07, 6.45) is 0. The van der Waals surface area contributed by atoms with Gasteiger partial charge in [0, 0.05) is 30.7 Å². The summed E-state index contributed by atoms with van der Waals surface area (Å²) in [6, 6.07) is 3.54. The fourth-order valence-corrected chi connectivity index (χ4v) is 2.13. The Morgan fingerprint density at radius 1 is 1.33 bits per heavy atom. The van der Waals surface area contributed by atoms with Crippen LogP contribution in [0.15, 0.2) is 16.6 Å². The summed E-state index contributed by atoms with van der Waals surface area (Å²) < 4.78 is 14.4. The Hall–Kier alpha value is -0.320. The maximum atomic E-state index is 13.8. The molecule has 1 saturated heterocycles. The molecule has 82 valence electrons. The predicted molar refractivity (Wildman–Crippen MR) is 64.2 cm³/mol. The number of nitrogens with one attached hydrogen (secondary N) is 1. The Labute approximate surface area is 102 Å². The van der Waals surface area contributed by atoms with Crippen LogP contribution in [0.25, 0.3) is 0 Å². The molecule has 0 atom stereocenters. The molecular weight excluding hydrogens is 282 g/mol. The van der Waals surface area contributed by atoms with Crippen molar-refractivity contribution < 1.29 is 4.39 Å². The molecule has 15 heavy (non-hydrogen) atoms. The molecule has 2 nitrogen and oxygen atoms in total. The minimum Gasteiger partial charge on any atom is -0.367 e. The lowest BCUT2D eigenvalue weighted by molar-refractivity contribution is 0.566. The number of nitrogens with zero attached hydrogens (tertiary/aromatic N) is 1. The van der Waals surface area contributed by atoms with E-state index in [-0.39, 0.29) is 10.8 Å². The maximum Gasteiger partial charge on any atom is 0.166 e. The fraction of sp³-hybridized carbons (Fsp3) is 0.400. The molecule has 0 spiro atoms. The number of rotatable bonds is 1. The molecule has 0 aromatic heterocycles. The van der Waals surface area contributed by atoms with Gasteiger partial charge < -0.3 is 10.2 Å². The van der Waals surface area contributed by atoms with E-state index in [4.69, 9.17) is 11.6 Å². The van der Waals surface area contributed by atoms with E-state index in [1.54, 1.807) is 12.1 Å². The SMILES string of the molecule is Fc1c(N2CCNCC2)ccc(Br)c1Cl. The van der Waals surface area contributed by atoms with Crippen LogP contribution in [-0.4, -0.2) is 26.2 Å². The van der Waals surface area contributed by atoms with Gasteiger partial charge in [-0.25, -0.2) is 4.39 Å². The fourth-order valence-electron chi connectivity index (χ4n) is 1.67. The Bertz CT molecular complexity index is 367. The summed E-state index contributed by atoms with van der Waals surface area (Å²) >= 11 is 9.04. The minimum atomic E-state index is -0.340. The van der Waals surface area contributed by atoms with E-state index >= 15 is 0 Å². The standard InChI is InChI=1S/C10H11BrClFN2/c11-7-1-2-8(10(13)9(7)12)15-5-3-14-4-6-15/h1-2,14H,3-6H2. The first-order valence-corrected chi connectivity index (χ1v) is 5.96. The molecule has 0 aliphatic carbocycles. The third-order valence-corrected chi connectivity index (χ3v) is 3.73. The monoisotopic (exact) mass is 292 g/mol. The molecule has 1 aromatic carbocycles. The van der Waals surface area contributed by atoms with Crippen LogP contribution < -0.4 is 10.2 Å². The highest BCUT2D eigenvalue weighted by molar-refractivity contribution is 9.10. The van der Waals surface area contributed by atoms with E-state index in [1.807, 2.05) is 4.90 Å². The molecule has 1 aliphatic rings. The van der Waals surface area contributed by atoms with Crippen molar-refractivity contribution in [1.82, 2.24) is 5.32 Å². The van der Waals surface area contributed by atoms with Crippen LogP contribution in [0, 0.1) is 5.82 Å². The molecule has 1 aliphatic heterocycles. The maximum absolute atomic E-state index is 13.8. The van der Waals surface area contributed by atoms with E-state index in [9.17, 15) is 4.39 Å². The van der Waals surface area contributed by atoms with E-state index in [2.05, 4.69) is 21.2 Å². The lowest BCUT2D eigenvalue weighted by Crippen LogP contribution is -2.43. The number of piperazine rings is 1. The Morgan fingerprint density at radius 3 is 2.67 bits per heavy atom. The second-order valence-corrected chi connectivity index (χ2v) is 4.66. The van der Waals surface area contributed by atoms with Crippen molar-refractivity contribution in [3.05, 3.63) is 27.4 Å². The van der Waals surface area contributed by atoms with Crippen LogP contribution >= 0.6 is 27.5 Å². The second kappa shape index (κ2) is 4.68. The summed E-state index contributed by atoms with van der Waals surface area (Å²) in [6.45, 7) is 3.39. The van der Waals surface area contributed by atoms with Gasteiger partial charge in [0.2, 0.25) is 0 Å². The van der Waals surface area contributed by atoms with Crippen LogP contribution in [-0.2, 0) is 0 Å². The topological polar surface area (TPSA) is 15.3 Å². The molecule has 0 bridgehead atoms. The second-order valence-electron chi connectivity index (χ2n) is 3.43. The number of hydrogen-bond donors (Lipinski definition) is 1. The first-order chi connectivity index (χ1) is 7.20. The van der Waals surface area contributed by atoms with Gasteiger partial charge >= 0.3 is 0 Å². The Morgan fingerprint density at radius 2 is 2.00 bits per heavy atom. The zero-order valence-electron chi connectivity index (χ0n) is 8.06. The molecule has 5 heteroatoms. The highest BCUT2D eigenvalue weighted by Crippen LogP contribution is 2.32. The largest absolute Gasteiger partial charge is 0.367 e. The lowest BCUT2D eigenvalue weighted by Gasteiger charge is -2.29. The van der Waals surface area contributed by atoms with Crippen LogP contribution in [0.5, 0.6) is 0 Å². The van der Waals surface area contributed by atoms with Gasteiger partial charge in [-0.3, -0.25) is 0 Å². The summed E-state index contributed by atoms with van der Waals surface area (Å²) in [5.41, 5.74) is 0.588. The number of anilines is 1. The third-order valence-electron chi connectivity index (χ3n) is 2.47. The van der Waals surface area contributed by atoms with Crippen LogP contribution in [0.1, 0.15) is 0 Å². The van der Waals surface area contributed by atoms with E-state index < -0.39 is 0 Å². The molecule has 1 aromatic rings. The van der Waals surface area contributed by atoms with Gasteiger partial charge in [-0.15, -0.1) is 0 Å². The van der Waals surface area contributed by atoms with Gasteiger partial charge in [0.25, 0.3) is 0 Å². The first-order valence-electron chi connectivity index (χ1n) is 4.79. The number of hydrogen-bond acceptors (Lipinski definition) is 2. The van der Waals surface area contributed by atoms with Crippen molar-refractivity contribution in [2.24, 2.45) is 0 Å². The van der Waals surface area contributed by atoms with Crippen LogP contribution in [0.4, 0.5) is 10.1 Å². The molecule has 0 radical (unpaired) electrons. The summed E-state index contributed by atoms with van der Waals surface area (Å²) in [5, 5.41) is 3.38. The van der Waals surface area contributed by atoms with Crippen molar-refractivity contribution in [3.63, 3.8) is 0 Å². The van der Waals surface area contributed by atoms with Gasteiger partial charge in [0.05, 0.1) is 10.7 Å². The van der Waals surface area contributed by atoms with Crippen molar-refractivity contribution in [2.45, 2.75) is 0 Å². The average molecular weight is 294 g/mol. The van der Waals surface area contributed by atoms with Crippen LogP contribution in [0.3, 0.4) is 0 Å². The van der Waals surface area contributed by atoms with Crippen molar-refractivity contribution in [3.8, 4) is 0 Å². The smallest absolute Gasteiger partial charge is 0.166 e. The molecule has 1 fully saturated rings. The van der Waals surface area contributed by atoms with Crippen molar-refractivity contribution >= 4 is 33.2 Å². The normalized spacial score (nSPS) is 16.9. The molecule has 0 amide bonds. The van der Waals surface area contributed by atoms with Gasteiger partial charge in [-0.05, 0) is 28.1 Å². The summed E-state index contributed by atoms with van der Waals surface area (Å²) in [4.78, 5) is 2.00. The molecule has 0 saturated carbocycles. The summed E-state index contributed by atoms with van der Waals surface area (Å²) in [7, 11) is 0. The number of halogens is 3. The van der Waals surface area contributed by atoms with Gasteiger partial charge in [0.15, 0.2) is 5.82 Å². The van der Waals surface area contributed by atoms with Gasteiger partial charge in [-0.2, -0.15) is 0 Å². The van der Waals surface area contributed by atoms with Crippen molar-refractivity contribution in [1.29, 1.82) is 0 Å². The first kappa shape index (κ1) is 11.2. The Balaban J connectivity index is 2.31. The van der Waals surface area contributed by atoms with E-state index in [0.717, 1.165) is 26.2 Å². The molecular formula is C10H11BrClFN2. The molecule has 1 heterocycles. The summed E-state index contributed by atoms with van der Waals surface area (Å²) in [5.74, 6) is -0.340. The zero-order valence-corrected chi connectivity index (χ0v) is 10.4. The van der Waals surface area contributed by atoms with Crippen molar-refractivity contribution in [2.75, 3.05) is 31.1 Å². The van der Waals surface area contributed by atoms with Gasteiger partial charge in [0.1, 0.15) is 0 Å². The van der Waals surface area contributed by atoms with E-state index in [0.29, 0.717) is 10.2 Å². The highest BCUT2D eigenvalue weighted by Gasteiger charge is 2.17. The zero-order chi connectivity index (χ0) is 10.8. The Kier molecular flexibility index (Phi) is 3.49. The average Bonchev–Trinajstić information content (AvgIpc) is 2.27. The minimum absolute atomic E-state index is 0.158. The molecule has 1 N–H and O–H groups in total. The highest BCUT2D eigenvalue weighted by atomic mass is 79.9. The van der Waals surface area contributed by atoms with Gasteiger partial charge in [-0.1, -0.05) is 11.6 Å². The number of benzene rings is 1. The lowest BCUT2D eigenvalue weighted by atomic mass is 10.2. The van der Waals surface area contributed by atoms with Crippen LogP contribution in [0.2, 0.25) is 5.02 Å². The molecule has 0 unspecified atom stereocenters.